The molecule has 0 aliphatic carbocycles. The fraction of sp³-hybridized carbons (Fsp3) is 0.643. The Morgan fingerprint density at radius 1 is 1.60 bits per heavy atom. The van der Waals surface area contributed by atoms with Crippen molar-refractivity contribution in [2.75, 3.05) is 13.2 Å². The number of alkyl halides is 2. The zero-order valence-corrected chi connectivity index (χ0v) is 11.4. The number of halogens is 2. The number of hydrogen-bond donors (Lipinski definition) is 2. The van der Waals surface area contributed by atoms with E-state index in [-0.39, 0.29) is 18.7 Å². The SMILES string of the molecule is CC(O)(CN[C@@H]1CCO[C@@H](c2cccnc2)C1)C(F)F. The van der Waals surface area contributed by atoms with E-state index in [2.05, 4.69) is 10.3 Å². The molecule has 0 bridgehead atoms. The highest BCUT2D eigenvalue weighted by atomic mass is 19.3. The molecule has 1 aromatic rings. The number of aliphatic hydroxyl groups is 1. The fourth-order valence-electron chi connectivity index (χ4n) is 2.21. The molecule has 1 aliphatic rings. The van der Waals surface area contributed by atoms with Gasteiger partial charge in [-0.25, -0.2) is 8.78 Å². The lowest BCUT2D eigenvalue weighted by Gasteiger charge is -2.32. The molecule has 2 rings (SSSR count). The minimum Gasteiger partial charge on any atom is -0.383 e. The third-order valence-corrected chi connectivity index (χ3v) is 3.56. The van der Waals surface area contributed by atoms with Crippen LogP contribution < -0.4 is 5.32 Å². The van der Waals surface area contributed by atoms with E-state index in [1.54, 1.807) is 12.4 Å². The van der Waals surface area contributed by atoms with Crippen LogP contribution in [0.25, 0.3) is 0 Å². The molecule has 0 saturated carbocycles. The molecule has 1 unspecified atom stereocenters. The van der Waals surface area contributed by atoms with E-state index in [0.29, 0.717) is 13.0 Å². The quantitative estimate of drug-likeness (QED) is 0.868. The Morgan fingerprint density at radius 2 is 2.40 bits per heavy atom. The number of nitrogens with one attached hydrogen (secondary N) is 1. The number of pyridine rings is 1. The van der Waals surface area contributed by atoms with Gasteiger partial charge in [-0.05, 0) is 31.4 Å². The van der Waals surface area contributed by atoms with Crippen LogP contribution in [-0.2, 0) is 4.74 Å². The molecule has 1 saturated heterocycles. The second-order valence-corrected chi connectivity index (χ2v) is 5.41. The van der Waals surface area contributed by atoms with Gasteiger partial charge in [-0.15, -0.1) is 0 Å². The number of ether oxygens (including phenoxy) is 1. The largest absolute Gasteiger partial charge is 0.383 e. The van der Waals surface area contributed by atoms with E-state index in [0.717, 1.165) is 18.9 Å². The smallest absolute Gasteiger partial charge is 0.267 e. The van der Waals surface area contributed by atoms with Gasteiger partial charge >= 0.3 is 0 Å². The maximum atomic E-state index is 12.6. The first-order valence-electron chi connectivity index (χ1n) is 6.74. The summed E-state index contributed by atoms with van der Waals surface area (Å²) in [6.45, 7) is 1.58. The zero-order chi connectivity index (χ0) is 14.6. The zero-order valence-electron chi connectivity index (χ0n) is 11.4. The van der Waals surface area contributed by atoms with Crippen molar-refractivity contribution in [2.45, 2.75) is 43.9 Å². The first-order valence-corrected chi connectivity index (χ1v) is 6.74. The van der Waals surface area contributed by atoms with Crippen LogP contribution in [-0.4, -0.2) is 41.3 Å². The summed E-state index contributed by atoms with van der Waals surface area (Å²) >= 11 is 0. The van der Waals surface area contributed by atoms with Crippen molar-refractivity contribution in [3.05, 3.63) is 30.1 Å². The number of nitrogens with zero attached hydrogens (tertiary/aromatic N) is 1. The first kappa shape index (κ1) is 15.3. The molecule has 3 atom stereocenters. The minimum atomic E-state index is -2.76. The Kier molecular flexibility index (Phi) is 5.01. The number of rotatable bonds is 5. The van der Waals surface area contributed by atoms with Crippen LogP contribution in [0.3, 0.4) is 0 Å². The van der Waals surface area contributed by atoms with Crippen LogP contribution in [0.2, 0.25) is 0 Å². The molecule has 2 heterocycles. The van der Waals surface area contributed by atoms with E-state index in [1.807, 2.05) is 12.1 Å². The first-order chi connectivity index (χ1) is 9.49. The van der Waals surface area contributed by atoms with Gasteiger partial charge in [0.05, 0.1) is 6.10 Å². The summed E-state index contributed by atoms with van der Waals surface area (Å²) in [5, 5.41) is 12.6. The van der Waals surface area contributed by atoms with Crippen LogP contribution in [0.4, 0.5) is 8.78 Å². The van der Waals surface area contributed by atoms with E-state index >= 15 is 0 Å². The fourth-order valence-corrected chi connectivity index (χ4v) is 2.21. The van der Waals surface area contributed by atoms with E-state index in [4.69, 9.17) is 4.74 Å². The van der Waals surface area contributed by atoms with Crippen molar-refractivity contribution in [2.24, 2.45) is 0 Å². The average Bonchev–Trinajstić information content (AvgIpc) is 2.46. The minimum absolute atomic E-state index is 0.0548. The highest BCUT2D eigenvalue weighted by Crippen LogP contribution is 2.27. The van der Waals surface area contributed by atoms with Gasteiger partial charge < -0.3 is 15.2 Å². The predicted molar refractivity (Wildman–Crippen MR) is 70.6 cm³/mol. The molecule has 0 amide bonds. The molecular weight excluding hydrogens is 266 g/mol. The Labute approximate surface area is 117 Å². The van der Waals surface area contributed by atoms with Crippen molar-refractivity contribution >= 4 is 0 Å². The molecule has 0 aromatic carbocycles. The Morgan fingerprint density at radius 3 is 3.05 bits per heavy atom. The van der Waals surface area contributed by atoms with Crippen molar-refractivity contribution in [3.8, 4) is 0 Å². The van der Waals surface area contributed by atoms with Crippen molar-refractivity contribution in [1.82, 2.24) is 10.3 Å². The molecule has 0 spiro atoms. The number of hydrogen-bond acceptors (Lipinski definition) is 4. The average molecular weight is 286 g/mol. The maximum absolute atomic E-state index is 12.6. The summed E-state index contributed by atoms with van der Waals surface area (Å²) in [4.78, 5) is 4.05. The topological polar surface area (TPSA) is 54.4 Å². The van der Waals surface area contributed by atoms with Crippen LogP contribution in [0.1, 0.15) is 31.4 Å². The monoisotopic (exact) mass is 286 g/mol. The molecule has 112 valence electrons. The Balaban J connectivity index is 1.88. The van der Waals surface area contributed by atoms with Gasteiger partial charge in [0.2, 0.25) is 0 Å². The summed E-state index contributed by atoms with van der Waals surface area (Å²) in [5.41, 5.74) is -1.01. The molecule has 20 heavy (non-hydrogen) atoms. The van der Waals surface area contributed by atoms with Crippen molar-refractivity contribution in [3.63, 3.8) is 0 Å². The summed E-state index contributed by atoms with van der Waals surface area (Å²) in [7, 11) is 0. The lowest BCUT2D eigenvalue weighted by molar-refractivity contribution is -0.0850. The highest BCUT2D eigenvalue weighted by Gasteiger charge is 2.33. The number of aromatic nitrogens is 1. The standard InChI is InChI=1S/C14H20F2N2O2/c1-14(19,13(15)16)9-18-11-4-6-20-12(7-11)10-3-2-5-17-8-10/h2-3,5,8,11-13,18-19H,4,6-7,9H2,1H3/t11-,12-,14?/m1/s1. The molecule has 6 heteroatoms. The molecule has 1 aromatic heterocycles. The summed E-state index contributed by atoms with van der Waals surface area (Å²) in [6.07, 6.45) is 2.04. The van der Waals surface area contributed by atoms with Gasteiger partial charge in [0.1, 0.15) is 5.60 Å². The van der Waals surface area contributed by atoms with E-state index in [1.165, 1.54) is 0 Å². The predicted octanol–water partition coefficient (Wildman–Crippen LogP) is 1.91. The molecule has 4 nitrogen and oxygen atoms in total. The lowest BCUT2D eigenvalue weighted by atomic mass is 9.97. The van der Waals surface area contributed by atoms with Gasteiger partial charge in [0.15, 0.2) is 0 Å². The van der Waals surface area contributed by atoms with Crippen LogP contribution in [0.5, 0.6) is 0 Å². The molecule has 2 N–H and O–H groups in total. The van der Waals surface area contributed by atoms with Crippen molar-refractivity contribution in [1.29, 1.82) is 0 Å². The van der Waals surface area contributed by atoms with Crippen LogP contribution >= 0.6 is 0 Å². The highest BCUT2D eigenvalue weighted by molar-refractivity contribution is 5.13. The summed E-state index contributed by atoms with van der Waals surface area (Å²) in [6, 6.07) is 3.84. The van der Waals surface area contributed by atoms with Crippen molar-refractivity contribution < 1.29 is 18.6 Å². The molecule has 1 fully saturated rings. The Hall–Kier alpha value is -1.11. The molecule has 1 aliphatic heterocycles. The van der Waals surface area contributed by atoms with Gasteiger partial charge in [-0.3, -0.25) is 4.98 Å². The normalized spacial score (nSPS) is 26.4. The third-order valence-electron chi connectivity index (χ3n) is 3.56. The second kappa shape index (κ2) is 6.56. The van der Waals surface area contributed by atoms with E-state index < -0.39 is 12.0 Å². The van der Waals surface area contributed by atoms with Gasteiger partial charge in [0.25, 0.3) is 6.43 Å². The molecular formula is C14H20F2N2O2. The Bertz CT molecular complexity index is 415. The van der Waals surface area contributed by atoms with Crippen LogP contribution in [0, 0.1) is 0 Å². The summed E-state index contributed by atoms with van der Waals surface area (Å²) < 4.78 is 30.9. The second-order valence-electron chi connectivity index (χ2n) is 5.41. The van der Waals surface area contributed by atoms with E-state index in [9.17, 15) is 13.9 Å². The van der Waals surface area contributed by atoms with Gasteiger partial charge in [-0.2, -0.15) is 0 Å². The maximum Gasteiger partial charge on any atom is 0.267 e. The van der Waals surface area contributed by atoms with Gasteiger partial charge in [0, 0.05) is 31.6 Å². The molecule has 0 radical (unpaired) electrons. The van der Waals surface area contributed by atoms with Crippen LogP contribution in [0.15, 0.2) is 24.5 Å². The summed E-state index contributed by atoms with van der Waals surface area (Å²) in [5.74, 6) is 0. The van der Waals surface area contributed by atoms with Gasteiger partial charge in [-0.1, -0.05) is 6.07 Å². The third kappa shape index (κ3) is 3.94. The lowest BCUT2D eigenvalue weighted by Crippen LogP contribution is -2.48.